The maximum atomic E-state index is 5.84. The molecule has 1 aromatic rings. The molecule has 1 aromatic heterocycles. The van der Waals surface area contributed by atoms with Crippen LogP contribution in [0.2, 0.25) is 0 Å². The van der Waals surface area contributed by atoms with Gasteiger partial charge < -0.3 is 10.6 Å². The Labute approximate surface area is 108 Å². The number of hydrogen-bond acceptors (Lipinski definition) is 5. The first-order valence-corrected chi connectivity index (χ1v) is 7.09. The molecule has 1 aliphatic carbocycles. The fourth-order valence-corrected chi connectivity index (χ4v) is 3.00. The molecule has 0 amide bonds. The van der Waals surface area contributed by atoms with Gasteiger partial charge in [0.05, 0.1) is 0 Å². The molecule has 0 bridgehead atoms. The zero-order valence-electron chi connectivity index (χ0n) is 10.8. The lowest BCUT2D eigenvalue weighted by Gasteiger charge is -2.22. The predicted octanol–water partition coefficient (Wildman–Crippen LogP) is 2.10. The second-order valence-electron chi connectivity index (χ2n) is 5.38. The van der Waals surface area contributed by atoms with E-state index in [-0.39, 0.29) is 0 Å². The molecule has 1 saturated heterocycles. The highest BCUT2D eigenvalue weighted by Gasteiger charge is 2.22. The third-order valence-electron chi connectivity index (χ3n) is 4.02. The first-order valence-electron chi connectivity index (χ1n) is 7.09. The van der Waals surface area contributed by atoms with Crippen molar-refractivity contribution in [2.45, 2.75) is 50.9 Å². The Morgan fingerprint density at radius 1 is 0.889 bits per heavy atom. The van der Waals surface area contributed by atoms with E-state index in [0.29, 0.717) is 11.9 Å². The van der Waals surface area contributed by atoms with E-state index >= 15 is 0 Å². The Hall–Kier alpha value is -1.39. The number of hydrogen-bond donors (Lipinski definition) is 1. The van der Waals surface area contributed by atoms with Crippen molar-refractivity contribution in [1.29, 1.82) is 0 Å². The van der Waals surface area contributed by atoms with Crippen molar-refractivity contribution in [2.75, 3.05) is 23.7 Å². The van der Waals surface area contributed by atoms with Gasteiger partial charge in [0.2, 0.25) is 11.9 Å². The molecule has 2 aliphatic rings. The first-order chi connectivity index (χ1) is 8.83. The van der Waals surface area contributed by atoms with Crippen LogP contribution in [0.5, 0.6) is 0 Å². The fourth-order valence-electron chi connectivity index (χ4n) is 3.00. The third-order valence-corrected chi connectivity index (χ3v) is 4.02. The minimum Gasteiger partial charge on any atom is -0.368 e. The summed E-state index contributed by atoms with van der Waals surface area (Å²) in [6.45, 7) is 2.10. The van der Waals surface area contributed by atoms with Crippen molar-refractivity contribution in [3.8, 4) is 0 Å². The van der Waals surface area contributed by atoms with Crippen molar-refractivity contribution < 1.29 is 0 Å². The van der Waals surface area contributed by atoms with Gasteiger partial charge in [-0.15, -0.1) is 0 Å². The van der Waals surface area contributed by atoms with Crippen LogP contribution in [0.1, 0.15) is 56.7 Å². The standard InChI is InChI=1S/C13H21N5/c14-12-15-11(10-6-2-1-3-7-10)16-13(17-12)18-8-4-5-9-18/h10H,1-9H2,(H2,14,15,16,17). The molecule has 1 aliphatic heterocycles. The van der Waals surface area contributed by atoms with E-state index in [0.717, 1.165) is 24.9 Å². The largest absolute Gasteiger partial charge is 0.368 e. The predicted molar refractivity (Wildman–Crippen MR) is 71.5 cm³/mol. The Morgan fingerprint density at radius 3 is 2.33 bits per heavy atom. The van der Waals surface area contributed by atoms with Gasteiger partial charge in [0.1, 0.15) is 5.82 Å². The van der Waals surface area contributed by atoms with Gasteiger partial charge in [-0.25, -0.2) is 0 Å². The molecule has 2 fully saturated rings. The van der Waals surface area contributed by atoms with Gasteiger partial charge in [-0.2, -0.15) is 15.0 Å². The van der Waals surface area contributed by atoms with Crippen molar-refractivity contribution in [2.24, 2.45) is 0 Å². The maximum absolute atomic E-state index is 5.84. The number of anilines is 2. The van der Waals surface area contributed by atoms with Crippen LogP contribution in [-0.4, -0.2) is 28.0 Å². The average Bonchev–Trinajstić information content (AvgIpc) is 2.93. The summed E-state index contributed by atoms with van der Waals surface area (Å²) in [6.07, 6.45) is 8.77. The van der Waals surface area contributed by atoms with E-state index in [1.807, 2.05) is 0 Å². The average molecular weight is 247 g/mol. The lowest BCUT2D eigenvalue weighted by molar-refractivity contribution is 0.428. The SMILES string of the molecule is Nc1nc(C2CCCCC2)nc(N2CCCC2)n1. The molecule has 18 heavy (non-hydrogen) atoms. The summed E-state index contributed by atoms with van der Waals surface area (Å²) in [5.41, 5.74) is 5.84. The van der Waals surface area contributed by atoms with Gasteiger partial charge in [-0.1, -0.05) is 19.3 Å². The molecule has 2 N–H and O–H groups in total. The molecule has 0 unspecified atom stereocenters. The summed E-state index contributed by atoms with van der Waals surface area (Å²) in [4.78, 5) is 15.5. The first kappa shape index (κ1) is 11.7. The number of rotatable bonds is 2. The maximum Gasteiger partial charge on any atom is 0.230 e. The highest BCUT2D eigenvalue weighted by Crippen LogP contribution is 2.31. The number of nitrogen functional groups attached to an aromatic ring is 1. The molecule has 5 nitrogen and oxygen atoms in total. The Bertz CT molecular complexity index is 408. The lowest BCUT2D eigenvalue weighted by atomic mass is 9.89. The van der Waals surface area contributed by atoms with Crippen LogP contribution in [-0.2, 0) is 0 Å². The Kier molecular flexibility index (Phi) is 3.30. The van der Waals surface area contributed by atoms with Gasteiger partial charge in [-0.3, -0.25) is 0 Å². The smallest absolute Gasteiger partial charge is 0.230 e. The van der Waals surface area contributed by atoms with Crippen LogP contribution >= 0.6 is 0 Å². The third kappa shape index (κ3) is 2.40. The van der Waals surface area contributed by atoms with Crippen LogP contribution in [0.3, 0.4) is 0 Å². The quantitative estimate of drug-likeness (QED) is 0.866. The highest BCUT2D eigenvalue weighted by atomic mass is 15.3. The van der Waals surface area contributed by atoms with Crippen molar-refractivity contribution >= 4 is 11.9 Å². The van der Waals surface area contributed by atoms with Crippen molar-refractivity contribution in [3.63, 3.8) is 0 Å². The van der Waals surface area contributed by atoms with E-state index in [9.17, 15) is 0 Å². The van der Waals surface area contributed by atoms with Gasteiger partial charge in [0.15, 0.2) is 0 Å². The lowest BCUT2D eigenvalue weighted by Crippen LogP contribution is -2.23. The van der Waals surface area contributed by atoms with E-state index in [1.54, 1.807) is 0 Å². The second-order valence-corrected chi connectivity index (χ2v) is 5.38. The monoisotopic (exact) mass is 247 g/mol. The molecule has 98 valence electrons. The zero-order valence-corrected chi connectivity index (χ0v) is 10.8. The summed E-state index contributed by atoms with van der Waals surface area (Å²) >= 11 is 0. The molecule has 0 spiro atoms. The number of nitrogens with zero attached hydrogens (tertiary/aromatic N) is 4. The molecule has 2 heterocycles. The molecular formula is C13H21N5. The van der Waals surface area contributed by atoms with Crippen LogP contribution < -0.4 is 10.6 Å². The second kappa shape index (κ2) is 5.08. The highest BCUT2D eigenvalue weighted by molar-refractivity contribution is 5.36. The molecule has 0 aromatic carbocycles. The van der Waals surface area contributed by atoms with Crippen molar-refractivity contribution in [3.05, 3.63) is 5.82 Å². The van der Waals surface area contributed by atoms with Crippen LogP contribution in [0.15, 0.2) is 0 Å². The van der Waals surface area contributed by atoms with Crippen LogP contribution in [0.25, 0.3) is 0 Å². The van der Waals surface area contributed by atoms with E-state index in [4.69, 9.17) is 5.73 Å². The summed E-state index contributed by atoms with van der Waals surface area (Å²) in [5, 5.41) is 0. The van der Waals surface area contributed by atoms with E-state index in [1.165, 1.54) is 44.9 Å². The molecule has 1 saturated carbocycles. The van der Waals surface area contributed by atoms with Crippen molar-refractivity contribution in [1.82, 2.24) is 15.0 Å². The molecule has 0 radical (unpaired) electrons. The molecule has 3 rings (SSSR count). The summed E-state index contributed by atoms with van der Waals surface area (Å²) in [5.74, 6) is 2.59. The normalized spacial score (nSPS) is 21.4. The topological polar surface area (TPSA) is 67.9 Å². The number of nitrogens with two attached hydrogens (primary N) is 1. The van der Waals surface area contributed by atoms with Gasteiger partial charge in [0.25, 0.3) is 0 Å². The zero-order chi connectivity index (χ0) is 12.4. The minimum absolute atomic E-state index is 0.382. The van der Waals surface area contributed by atoms with Gasteiger partial charge in [-0.05, 0) is 25.7 Å². The van der Waals surface area contributed by atoms with Crippen LogP contribution in [0.4, 0.5) is 11.9 Å². The Balaban J connectivity index is 1.84. The fraction of sp³-hybridized carbons (Fsp3) is 0.769. The Morgan fingerprint density at radius 2 is 1.61 bits per heavy atom. The molecule has 0 atom stereocenters. The number of aromatic nitrogens is 3. The van der Waals surface area contributed by atoms with Gasteiger partial charge >= 0.3 is 0 Å². The summed E-state index contributed by atoms with van der Waals surface area (Å²) in [6, 6.07) is 0. The van der Waals surface area contributed by atoms with E-state index < -0.39 is 0 Å². The van der Waals surface area contributed by atoms with E-state index in [2.05, 4.69) is 19.9 Å². The summed E-state index contributed by atoms with van der Waals surface area (Å²) < 4.78 is 0. The molecular weight excluding hydrogens is 226 g/mol. The van der Waals surface area contributed by atoms with Gasteiger partial charge in [0, 0.05) is 19.0 Å². The minimum atomic E-state index is 0.382. The molecule has 5 heteroatoms. The van der Waals surface area contributed by atoms with Crippen LogP contribution in [0, 0.1) is 0 Å². The summed E-state index contributed by atoms with van der Waals surface area (Å²) in [7, 11) is 0.